The maximum atomic E-state index is 13.2. The third-order valence-corrected chi connectivity index (χ3v) is 3.73. The number of benzene rings is 2. The van der Waals surface area contributed by atoms with Crippen molar-refractivity contribution in [3.63, 3.8) is 0 Å². The Balaban J connectivity index is 2.21. The van der Waals surface area contributed by atoms with Gasteiger partial charge in [0.1, 0.15) is 11.6 Å². The number of halogens is 2. The molecule has 0 bridgehead atoms. The molecule has 0 heterocycles. The molecular formula is C15H15BrFNO. The molecule has 0 amide bonds. The zero-order valence-corrected chi connectivity index (χ0v) is 11.9. The Morgan fingerprint density at radius 1 is 1.21 bits per heavy atom. The maximum Gasteiger partial charge on any atom is 0.129 e. The normalized spacial score (nSPS) is 12.4. The summed E-state index contributed by atoms with van der Waals surface area (Å²) in [6, 6.07) is 11.9. The summed E-state index contributed by atoms with van der Waals surface area (Å²) in [5.74, 6) is 0.0220. The van der Waals surface area contributed by atoms with Crippen LogP contribution in [-0.2, 0) is 6.42 Å². The summed E-state index contributed by atoms with van der Waals surface area (Å²) >= 11 is 3.28. The van der Waals surface area contributed by atoms with Gasteiger partial charge in [0.05, 0.1) is 4.47 Å². The van der Waals surface area contributed by atoms with Gasteiger partial charge in [-0.2, -0.15) is 0 Å². The first kappa shape index (κ1) is 14.0. The number of phenolic OH excluding ortho intramolecular Hbond substituents is 1. The minimum Gasteiger partial charge on any atom is -0.507 e. The van der Waals surface area contributed by atoms with Crippen LogP contribution in [0.15, 0.2) is 46.9 Å². The fourth-order valence-corrected chi connectivity index (χ4v) is 2.49. The van der Waals surface area contributed by atoms with E-state index >= 15 is 0 Å². The topological polar surface area (TPSA) is 46.2 Å². The van der Waals surface area contributed by atoms with Gasteiger partial charge in [0.2, 0.25) is 0 Å². The molecular weight excluding hydrogens is 309 g/mol. The number of hydrogen-bond donors (Lipinski definition) is 2. The molecule has 0 radical (unpaired) electrons. The maximum absolute atomic E-state index is 13.2. The average molecular weight is 324 g/mol. The van der Waals surface area contributed by atoms with E-state index in [1.807, 2.05) is 18.2 Å². The summed E-state index contributed by atoms with van der Waals surface area (Å²) in [5, 5.41) is 9.47. The smallest absolute Gasteiger partial charge is 0.129 e. The SMILES string of the molecule is NCC(Cc1ccc(O)c(Br)c1)c1cccc(F)c1. The van der Waals surface area contributed by atoms with Crippen molar-refractivity contribution in [2.75, 3.05) is 6.54 Å². The Morgan fingerprint density at radius 3 is 2.63 bits per heavy atom. The van der Waals surface area contributed by atoms with Crippen LogP contribution in [0.25, 0.3) is 0 Å². The Morgan fingerprint density at radius 2 is 2.00 bits per heavy atom. The number of aromatic hydroxyl groups is 1. The van der Waals surface area contributed by atoms with Gasteiger partial charge in [-0.3, -0.25) is 0 Å². The van der Waals surface area contributed by atoms with Gasteiger partial charge in [-0.05, 0) is 64.3 Å². The van der Waals surface area contributed by atoms with Crippen molar-refractivity contribution in [1.82, 2.24) is 0 Å². The fraction of sp³-hybridized carbons (Fsp3) is 0.200. The van der Waals surface area contributed by atoms with Crippen molar-refractivity contribution in [1.29, 1.82) is 0 Å². The molecule has 2 aromatic rings. The minimum absolute atomic E-state index is 0.0622. The fourth-order valence-electron chi connectivity index (χ4n) is 2.06. The molecule has 2 aromatic carbocycles. The highest BCUT2D eigenvalue weighted by molar-refractivity contribution is 9.10. The van der Waals surface area contributed by atoms with Crippen LogP contribution in [0.3, 0.4) is 0 Å². The lowest BCUT2D eigenvalue weighted by Gasteiger charge is -2.16. The first-order valence-electron chi connectivity index (χ1n) is 6.03. The molecule has 0 saturated carbocycles. The Kier molecular flexibility index (Phi) is 4.56. The van der Waals surface area contributed by atoms with Gasteiger partial charge in [-0.25, -0.2) is 4.39 Å². The molecule has 0 aliphatic rings. The molecule has 1 atom stereocenters. The van der Waals surface area contributed by atoms with Gasteiger partial charge >= 0.3 is 0 Å². The van der Waals surface area contributed by atoms with Crippen LogP contribution in [0, 0.1) is 5.82 Å². The van der Waals surface area contributed by atoms with Crippen LogP contribution in [0.2, 0.25) is 0 Å². The van der Waals surface area contributed by atoms with E-state index in [0.717, 1.165) is 11.1 Å². The Labute approximate surface area is 120 Å². The lowest BCUT2D eigenvalue weighted by atomic mass is 9.92. The molecule has 0 spiro atoms. The third kappa shape index (κ3) is 3.55. The molecule has 2 nitrogen and oxygen atoms in total. The van der Waals surface area contributed by atoms with E-state index < -0.39 is 0 Å². The van der Waals surface area contributed by atoms with Gasteiger partial charge in [-0.1, -0.05) is 18.2 Å². The standard InChI is InChI=1S/C15H15BrFNO/c16-14-7-10(4-5-15(14)19)6-12(9-18)11-2-1-3-13(17)8-11/h1-5,7-8,12,19H,6,9,18H2. The zero-order valence-electron chi connectivity index (χ0n) is 10.3. The molecule has 19 heavy (non-hydrogen) atoms. The largest absolute Gasteiger partial charge is 0.507 e. The molecule has 3 N–H and O–H groups in total. The van der Waals surface area contributed by atoms with Gasteiger partial charge in [0.15, 0.2) is 0 Å². The zero-order chi connectivity index (χ0) is 13.8. The first-order chi connectivity index (χ1) is 9.10. The molecule has 0 fully saturated rings. The molecule has 0 saturated heterocycles. The van der Waals surface area contributed by atoms with Gasteiger partial charge in [0, 0.05) is 5.92 Å². The molecule has 1 unspecified atom stereocenters. The van der Waals surface area contributed by atoms with Crippen molar-refractivity contribution < 1.29 is 9.50 Å². The number of nitrogens with two attached hydrogens (primary N) is 1. The van der Waals surface area contributed by atoms with Crippen LogP contribution in [0.1, 0.15) is 17.0 Å². The van der Waals surface area contributed by atoms with Crippen LogP contribution in [-0.4, -0.2) is 11.7 Å². The third-order valence-electron chi connectivity index (χ3n) is 3.10. The quantitative estimate of drug-likeness (QED) is 0.903. The number of phenols is 1. The second-order valence-electron chi connectivity index (χ2n) is 4.48. The van der Waals surface area contributed by atoms with Crippen molar-refractivity contribution in [3.05, 3.63) is 63.9 Å². The van der Waals surface area contributed by atoms with E-state index in [1.165, 1.54) is 12.1 Å². The molecule has 0 aliphatic heterocycles. The molecule has 0 aromatic heterocycles. The van der Waals surface area contributed by atoms with E-state index in [1.54, 1.807) is 12.1 Å². The monoisotopic (exact) mass is 323 g/mol. The average Bonchev–Trinajstić information content (AvgIpc) is 2.40. The van der Waals surface area contributed by atoms with Gasteiger partial charge in [-0.15, -0.1) is 0 Å². The highest BCUT2D eigenvalue weighted by Crippen LogP contribution is 2.27. The van der Waals surface area contributed by atoms with Crippen LogP contribution < -0.4 is 5.73 Å². The van der Waals surface area contributed by atoms with Crippen LogP contribution >= 0.6 is 15.9 Å². The van der Waals surface area contributed by atoms with Crippen molar-refractivity contribution in [2.45, 2.75) is 12.3 Å². The van der Waals surface area contributed by atoms with Crippen LogP contribution in [0.5, 0.6) is 5.75 Å². The number of hydrogen-bond acceptors (Lipinski definition) is 2. The van der Waals surface area contributed by atoms with Crippen molar-refractivity contribution in [2.24, 2.45) is 5.73 Å². The summed E-state index contributed by atoms with van der Waals surface area (Å²) < 4.78 is 13.9. The molecule has 4 heteroatoms. The molecule has 100 valence electrons. The highest BCUT2D eigenvalue weighted by Gasteiger charge is 2.12. The lowest BCUT2D eigenvalue weighted by molar-refractivity contribution is 0.471. The minimum atomic E-state index is -0.247. The molecule has 0 aliphatic carbocycles. The lowest BCUT2D eigenvalue weighted by Crippen LogP contribution is -2.15. The van der Waals surface area contributed by atoms with Crippen LogP contribution in [0.4, 0.5) is 4.39 Å². The highest BCUT2D eigenvalue weighted by atomic mass is 79.9. The first-order valence-corrected chi connectivity index (χ1v) is 6.82. The van der Waals surface area contributed by atoms with E-state index in [9.17, 15) is 9.50 Å². The predicted molar refractivity (Wildman–Crippen MR) is 77.7 cm³/mol. The summed E-state index contributed by atoms with van der Waals surface area (Å²) in [6.45, 7) is 0.446. The summed E-state index contributed by atoms with van der Waals surface area (Å²) in [4.78, 5) is 0. The van der Waals surface area contributed by atoms with E-state index in [0.29, 0.717) is 17.4 Å². The molecule has 2 rings (SSSR count). The summed E-state index contributed by atoms with van der Waals surface area (Å²) in [5.41, 5.74) is 7.73. The van der Waals surface area contributed by atoms with Crippen molar-refractivity contribution >= 4 is 15.9 Å². The second kappa shape index (κ2) is 6.17. The Hall–Kier alpha value is -1.39. The van der Waals surface area contributed by atoms with E-state index in [-0.39, 0.29) is 17.5 Å². The van der Waals surface area contributed by atoms with E-state index in [2.05, 4.69) is 15.9 Å². The summed E-state index contributed by atoms with van der Waals surface area (Å²) in [7, 11) is 0. The van der Waals surface area contributed by atoms with Crippen molar-refractivity contribution in [3.8, 4) is 5.75 Å². The van der Waals surface area contributed by atoms with Gasteiger partial charge < -0.3 is 10.8 Å². The summed E-state index contributed by atoms with van der Waals surface area (Å²) in [6.07, 6.45) is 0.707. The van der Waals surface area contributed by atoms with Gasteiger partial charge in [0.25, 0.3) is 0 Å². The second-order valence-corrected chi connectivity index (χ2v) is 5.33. The Bertz CT molecular complexity index is 574. The number of rotatable bonds is 4. The van der Waals surface area contributed by atoms with E-state index in [4.69, 9.17) is 5.73 Å². The predicted octanol–water partition coefficient (Wildman–Crippen LogP) is 3.58.